The first kappa shape index (κ1) is 21.5. The summed E-state index contributed by atoms with van der Waals surface area (Å²) in [7, 11) is 0. The molecule has 0 radical (unpaired) electrons. The van der Waals surface area contributed by atoms with Gasteiger partial charge >= 0.3 is 0 Å². The molecule has 3 heterocycles. The van der Waals surface area contributed by atoms with Crippen LogP contribution in [0.5, 0.6) is 11.5 Å². The van der Waals surface area contributed by atoms with Gasteiger partial charge in [-0.15, -0.1) is 0 Å². The van der Waals surface area contributed by atoms with E-state index in [0.717, 1.165) is 36.3 Å². The van der Waals surface area contributed by atoms with Crippen LogP contribution in [0.1, 0.15) is 24.8 Å². The summed E-state index contributed by atoms with van der Waals surface area (Å²) in [5.41, 5.74) is 2.87. The molecule has 0 atom stereocenters. The maximum Gasteiger partial charge on any atom is 0.235 e. The Kier molecular flexibility index (Phi) is 5.79. The number of benzene rings is 2. The number of phenols is 1. The number of aromatic nitrogens is 1. The van der Waals surface area contributed by atoms with Crippen molar-refractivity contribution in [3.8, 4) is 33.9 Å². The van der Waals surface area contributed by atoms with E-state index in [0.29, 0.717) is 16.5 Å². The van der Waals surface area contributed by atoms with Crippen LogP contribution in [0.4, 0.5) is 0 Å². The zero-order chi connectivity index (χ0) is 22.9. The van der Waals surface area contributed by atoms with Gasteiger partial charge in [0.1, 0.15) is 11.3 Å². The second-order valence-electron chi connectivity index (χ2n) is 8.37. The number of aromatic hydroxyl groups is 2. The van der Waals surface area contributed by atoms with Gasteiger partial charge in [0.15, 0.2) is 5.76 Å². The molecular formula is C26H23ClN2O4. The molecule has 2 aromatic heterocycles. The Balaban J connectivity index is 1.72. The van der Waals surface area contributed by atoms with Crippen molar-refractivity contribution >= 4 is 22.6 Å². The van der Waals surface area contributed by atoms with Crippen molar-refractivity contribution in [1.29, 1.82) is 0 Å². The summed E-state index contributed by atoms with van der Waals surface area (Å²) in [4.78, 5) is 19.8. The van der Waals surface area contributed by atoms with Gasteiger partial charge in [-0.25, -0.2) is 0 Å². The van der Waals surface area contributed by atoms with Crippen LogP contribution in [0.15, 0.2) is 64.1 Å². The topological polar surface area (TPSA) is 86.8 Å². The fraction of sp³-hybridized carbons (Fsp3) is 0.231. The molecule has 168 valence electrons. The Morgan fingerprint density at radius 1 is 0.970 bits per heavy atom. The van der Waals surface area contributed by atoms with Gasteiger partial charge in [-0.1, -0.05) is 18.0 Å². The summed E-state index contributed by atoms with van der Waals surface area (Å²) in [5, 5.41) is 20.9. The zero-order valence-corrected chi connectivity index (χ0v) is 18.7. The second-order valence-corrected chi connectivity index (χ2v) is 8.78. The van der Waals surface area contributed by atoms with E-state index in [-0.39, 0.29) is 16.5 Å². The third kappa shape index (κ3) is 4.19. The molecule has 2 aromatic carbocycles. The fourth-order valence-corrected chi connectivity index (χ4v) is 4.59. The van der Waals surface area contributed by atoms with Crippen LogP contribution >= 0.6 is 11.6 Å². The van der Waals surface area contributed by atoms with Crippen molar-refractivity contribution in [2.75, 3.05) is 13.1 Å². The molecule has 4 aromatic rings. The van der Waals surface area contributed by atoms with Crippen molar-refractivity contribution in [2.24, 2.45) is 0 Å². The average molecular weight is 463 g/mol. The van der Waals surface area contributed by atoms with E-state index in [1.807, 2.05) is 24.3 Å². The van der Waals surface area contributed by atoms with Crippen molar-refractivity contribution in [3.63, 3.8) is 0 Å². The van der Waals surface area contributed by atoms with E-state index >= 15 is 0 Å². The van der Waals surface area contributed by atoms with Gasteiger partial charge < -0.3 is 14.6 Å². The molecular weight excluding hydrogens is 440 g/mol. The minimum Gasteiger partial charge on any atom is -0.506 e. The average Bonchev–Trinajstić information content (AvgIpc) is 2.84. The number of halogens is 1. The van der Waals surface area contributed by atoms with Gasteiger partial charge in [0, 0.05) is 30.1 Å². The minimum absolute atomic E-state index is 0.00786. The SMILES string of the molecule is O=c1c(O)c(-c2ccc(O)c(Cl)c2)oc2c(-c3ccncc3)cc(CN3CCCCC3)cc12. The lowest BCUT2D eigenvalue weighted by Gasteiger charge is -2.26. The summed E-state index contributed by atoms with van der Waals surface area (Å²) >= 11 is 6.05. The lowest BCUT2D eigenvalue weighted by Crippen LogP contribution is -2.29. The largest absolute Gasteiger partial charge is 0.506 e. The molecule has 1 aliphatic rings. The van der Waals surface area contributed by atoms with E-state index in [2.05, 4.69) is 9.88 Å². The smallest absolute Gasteiger partial charge is 0.235 e. The van der Waals surface area contributed by atoms with Crippen LogP contribution in [-0.2, 0) is 6.54 Å². The van der Waals surface area contributed by atoms with Gasteiger partial charge in [-0.2, -0.15) is 0 Å². The Morgan fingerprint density at radius 3 is 2.45 bits per heavy atom. The summed E-state index contributed by atoms with van der Waals surface area (Å²) in [6.07, 6.45) is 6.98. The quantitative estimate of drug-likeness (QED) is 0.412. The molecule has 0 bridgehead atoms. The fourth-order valence-electron chi connectivity index (χ4n) is 4.41. The number of rotatable bonds is 4. The highest BCUT2D eigenvalue weighted by molar-refractivity contribution is 6.32. The number of hydrogen-bond donors (Lipinski definition) is 2. The van der Waals surface area contributed by atoms with Crippen LogP contribution in [0.3, 0.4) is 0 Å². The molecule has 5 rings (SSSR count). The molecule has 1 aliphatic heterocycles. The molecule has 0 saturated carbocycles. The maximum absolute atomic E-state index is 13.3. The molecule has 33 heavy (non-hydrogen) atoms. The third-order valence-electron chi connectivity index (χ3n) is 6.08. The monoisotopic (exact) mass is 462 g/mol. The van der Waals surface area contributed by atoms with Crippen LogP contribution in [-0.4, -0.2) is 33.2 Å². The number of nitrogens with zero attached hydrogens (tertiary/aromatic N) is 2. The Morgan fingerprint density at radius 2 is 1.73 bits per heavy atom. The number of phenolic OH excluding ortho intramolecular Hbond substituents is 1. The molecule has 6 nitrogen and oxygen atoms in total. The lowest BCUT2D eigenvalue weighted by atomic mass is 9.98. The minimum atomic E-state index is -0.508. The van der Waals surface area contributed by atoms with Crippen molar-refractivity contribution in [1.82, 2.24) is 9.88 Å². The number of fused-ring (bicyclic) bond motifs is 1. The molecule has 0 aliphatic carbocycles. The molecule has 0 spiro atoms. The summed E-state index contributed by atoms with van der Waals surface area (Å²) < 4.78 is 6.16. The van der Waals surface area contributed by atoms with Crippen molar-refractivity contribution in [2.45, 2.75) is 25.8 Å². The van der Waals surface area contributed by atoms with Gasteiger partial charge in [0.2, 0.25) is 11.2 Å². The van der Waals surface area contributed by atoms with Gasteiger partial charge in [-0.05, 0) is 79.5 Å². The zero-order valence-electron chi connectivity index (χ0n) is 17.9. The Labute approximate surface area is 195 Å². The first-order valence-electron chi connectivity index (χ1n) is 11.0. The Bertz CT molecular complexity index is 1380. The summed E-state index contributed by atoms with van der Waals surface area (Å²) in [6.45, 7) is 2.79. The Hall–Kier alpha value is -3.35. The van der Waals surface area contributed by atoms with Crippen LogP contribution in [0.2, 0.25) is 5.02 Å². The normalized spacial score (nSPS) is 14.6. The van der Waals surface area contributed by atoms with E-state index in [1.165, 1.54) is 31.4 Å². The number of piperidine rings is 1. The summed E-state index contributed by atoms with van der Waals surface area (Å²) in [5.74, 6) is -0.573. The predicted octanol–water partition coefficient (Wildman–Crippen LogP) is 5.57. The molecule has 0 amide bonds. The first-order valence-corrected chi connectivity index (χ1v) is 11.3. The molecule has 0 unspecified atom stereocenters. The van der Waals surface area contributed by atoms with Gasteiger partial charge in [0.05, 0.1) is 10.4 Å². The first-order chi connectivity index (χ1) is 16.0. The summed E-state index contributed by atoms with van der Waals surface area (Å²) in [6, 6.07) is 12.0. The van der Waals surface area contributed by atoms with E-state index in [9.17, 15) is 15.0 Å². The highest BCUT2D eigenvalue weighted by Gasteiger charge is 2.21. The third-order valence-corrected chi connectivity index (χ3v) is 6.39. The maximum atomic E-state index is 13.3. The van der Waals surface area contributed by atoms with Crippen molar-refractivity contribution < 1.29 is 14.6 Å². The standard InChI is InChI=1S/C26H23ClN2O4/c27-21-14-18(4-5-22(21)30)25-24(32)23(31)20-13-16(15-29-10-2-1-3-11-29)12-19(26(20)33-25)17-6-8-28-9-7-17/h4-9,12-14,30,32H,1-3,10-11,15H2. The highest BCUT2D eigenvalue weighted by atomic mass is 35.5. The van der Waals surface area contributed by atoms with Crippen LogP contribution in [0, 0.1) is 0 Å². The van der Waals surface area contributed by atoms with E-state index in [4.69, 9.17) is 16.0 Å². The number of hydrogen-bond acceptors (Lipinski definition) is 6. The van der Waals surface area contributed by atoms with Crippen LogP contribution in [0.25, 0.3) is 33.4 Å². The van der Waals surface area contributed by atoms with E-state index < -0.39 is 11.2 Å². The molecule has 1 fully saturated rings. The van der Waals surface area contributed by atoms with Gasteiger partial charge in [0.25, 0.3) is 0 Å². The van der Waals surface area contributed by atoms with Crippen LogP contribution < -0.4 is 5.43 Å². The molecule has 7 heteroatoms. The second kappa shape index (κ2) is 8.89. The predicted molar refractivity (Wildman–Crippen MR) is 129 cm³/mol. The highest BCUT2D eigenvalue weighted by Crippen LogP contribution is 2.37. The van der Waals surface area contributed by atoms with E-state index in [1.54, 1.807) is 18.5 Å². The number of likely N-dealkylation sites (tertiary alicyclic amines) is 1. The molecule has 1 saturated heterocycles. The van der Waals surface area contributed by atoms with Crippen molar-refractivity contribution in [3.05, 3.63) is 75.7 Å². The molecule has 2 N–H and O–H groups in total. The number of pyridine rings is 1. The lowest BCUT2D eigenvalue weighted by molar-refractivity contribution is 0.221. The van der Waals surface area contributed by atoms with Gasteiger partial charge in [-0.3, -0.25) is 14.7 Å².